The predicted octanol–water partition coefficient (Wildman–Crippen LogP) is 2.80. The lowest BCUT2D eigenvalue weighted by atomic mass is 9.80. The van der Waals surface area contributed by atoms with Gasteiger partial charge in [-0.3, -0.25) is 4.90 Å². The van der Waals surface area contributed by atoms with Gasteiger partial charge < -0.3 is 9.64 Å². The van der Waals surface area contributed by atoms with Crippen LogP contribution in [0.3, 0.4) is 0 Å². The Morgan fingerprint density at radius 3 is 2.88 bits per heavy atom. The van der Waals surface area contributed by atoms with Crippen molar-refractivity contribution in [1.82, 2.24) is 15.1 Å². The zero-order valence-electron chi connectivity index (χ0n) is 14.2. The summed E-state index contributed by atoms with van der Waals surface area (Å²) in [6.45, 7) is 6.30. The smallest absolute Gasteiger partial charge is 0.208 e. The summed E-state index contributed by atoms with van der Waals surface area (Å²) in [5.41, 5.74) is 3.07. The van der Waals surface area contributed by atoms with E-state index in [9.17, 15) is 4.39 Å². The Kier molecular flexibility index (Phi) is 4.96. The third-order valence-corrected chi connectivity index (χ3v) is 5.87. The molecule has 7 heteroatoms. The number of benzene rings is 1. The summed E-state index contributed by atoms with van der Waals surface area (Å²) in [4.78, 5) is 4.80. The lowest BCUT2D eigenvalue weighted by Crippen LogP contribution is -2.50. The van der Waals surface area contributed by atoms with E-state index in [1.165, 1.54) is 6.42 Å². The molecule has 0 bridgehead atoms. The lowest BCUT2D eigenvalue weighted by Gasteiger charge is -2.43. The second kappa shape index (κ2) is 7.35. The number of hydrogen-bond acceptors (Lipinski definition) is 6. The van der Waals surface area contributed by atoms with Crippen molar-refractivity contribution >= 4 is 16.5 Å². The molecule has 0 saturated carbocycles. The molecule has 1 spiro atoms. The number of halogens is 1. The normalized spacial score (nSPS) is 25.2. The highest BCUT2D eigenvalue weighted by Gasteiger charge is 2.39. The molecule has 2 aliphatic heterocycles. The maximum atomic E-state index is 13.1. The lowest BCUT2D eigenvalue weighted by molar-refractivity contribution is 0.0106. The Labute approximate surface area is 151 Å². The number of rotatable bonds is 3. The van der Waals surface area contributed by atoms with Crippen LogP contribution in [0.5, 0.6) is 0 Å². The number of ether oxygens (including phenoxy) is 1. The fourth-order valence-electron chi connectivity index (χ4n) is 4.00. The predicted molar refractivity (Wildman–Crippen MR) is 96.3 cm³/mol. The van der Waals surface area contributed by atoms with Crippen molar-refractivity contribution in [2.45, 2.75) is 19.4 Å². The molecule has 25 heavy (non-hydrogen) atoms. The van der Waals surface area contributed by atoms with Crippen LogP contribution in [0.2, 0.25) is 0 Å². The molecule has 1 aromatic carbocycles. The third kappa shape index (κ3) is 3.99. The highest BCUT2D eigenvalue weighted by atomic mass is 32.1. The molecule has 2 aliphatic rings. The molecular weight excluding hydrogens is 339 g/mol. The molecule has 2 fully saturated rings. The maximum absolute atomic E-state index is 13.1. The van der Waals surface area contributed by atoms with Crippen LogP contribution in [-0.2, 0) is 11.3 Å². The van der Waals surface area contributed by atoms with Crippen LogP contribution >= 0.6 is 11.3 Å². The van der Waals surface area contributed by atoms with Crippen molar-refractivity contribution in [3.8, 4) is 0 Å². The minimum atomic E-state index is -0.177. The highest BCUT2D eigenvalue weighted by Crippen LogP contribution is 2.35. The number of likely N-dealkylation sites (tertiary alicyclic amines) is 1. The third-order valence-electron chi connectivity index (χ3n) is 5.12. The second-order valence-electron chi connectivity index (χ2n) is 7.14. The van der Waals surface area contributed by atoms with E-state index in [4.69, 9.17) is 4.74 Å². The van der Waals surface area contributed by atoms with Crippen molar-refractivity contribution in [3.05, 3.63) is 41.2 Å². The summed E-state index contributed by atoms with van der Waals surface area (Å²) in [6.07, 6.45) is 2.33. The molecule has 5 nitrogen and oxygen atoms in total. The zero-order chi connectivity index (χ0) is 17.1. The summed E-state index contributed by atoms with van der Waals surface area (Å²) in [5, 5.41) is 9.22. The van der Waals surface area contributed by atoms with E-state index in [1.807, 2.05) is 12.1 Å². The van der Waals surface area contributed by atoms with Crippen LogP contribution < -0.4 is 4.90 Å². The first-order valence-electron chi connectivity index (χ1n) is 8.78. The van der Waals surface area contributed by atoms with Gasteiger partial charge in [0.15, 0.2) is 0 Å². The molecule has 0 radical (unpaired) electrons. The monoisotopic (exact) mass is 362 g/mol. The Hall–Kier alpha value is -1.57. The number of hydrogen-bond donors (Lipinski definition) is 0. The minimum Gasteiger partial charge on any atom is -0.379 e. The summed E-state index contributed by atoms with van der Waals surface area (Å²) >= 11 is 1.59. The van der Waals surface area contributed by atoms with Crippen LogP contribution in [0.25, 0.3) is 0 Å². The van der Waals surface area contributed by atoms with Crippen LogP contribution in [0, 0.1) is 11.2 Å². The molecule has 134 valence electrons. The van der Waals surface area contributed by atoms with Crippen molar-refractivity contribution in [1.29, 1.82) is 0 Å². The first-order chi connectivity index (χ1) is 12.2. The maximum Gasteiger partial charge on any atom is 0.208 e. The minimum absolute atomic E-state index is 0.125. The van der Waals surface area contributed by atoms with Crippen LogP contribution in [0.15, 0.2) is 29.8 Å². The first kappa shape index (κ1) is 16.9. The molecule has 1 atom stereocenters. The molecule has 0 aliphatic carbocycles. The number of piperidine rings is 1. The van der Waals surface area contributed by atoms with Crippen LogP contribution in [0.4, 0.5) is 9.52 Å². The Morgan fingerprint density at radius 1 is 1.20 bits per heavy atom. The number of anilines is 1. The van der Waals surface area contributed by atoms with E-state index >= 15 is 0 Å². The van der Waals surface area contributed by atoms with Gasteiger partial charge in [-0.2, -0.15) is 0 Å². The zero-order valence-corrected chi connectivity index (χ0v) is 15.1. The van der Waals surface area contributed by atoms with Gasteiger partial charge >= 0.3 is 0 Å². The first-order valence-corrected chi connectivity index (χ1v) is 9.66. The van der Waals surface area contributed by atoms with Crippen LogP contribution in [-0.4, -0.2) is 54.5 Å². The SMILES string of the molecule is Fc1ccc(CN2CCCC3(COCCN(c4nncs4)C3)C2)cc1. The van der Waals surface area contributed by atoms with Gasteiger partial charge in [0.05, 0.1) is 13.2 Å². The fourth-order valence-corrected chi connectivity index (χ4v) is 4.59. The second-order valence-corrected chi connectivity index (χ2v) is 7.95. The van der Waals surface area contributed by atoms with Crippen molar-refractivity contribution in [3.63, 3.8) is 0 Å². The fraction of sp³-hybridized carbons (Fsp3) is 0.556. The molecule has 0 amide bonds. The van der Waals surface area contributed by atoms with E-state index in [2.05, 4.69) is 20.0 Å². The van der Waals surface area contributed by atoms with Gasteiger partial charge in [0, 0.05) is 31.6 Å². The molecule has 1 unspecified atom stereocenters. The number of nitrogens with zero attached hydrogens (tertiary/aromatic N) is 4. The van der Waals surface area contributed by atoms with Gasteiger partial charge in [-0.05, 0) is 37.1 Å². The summed E-state index contributed by atoms with van der Waals surface area (Å²) < 4.78 is 19.1. The Balaban J connectivity index is 1.47. The van der Waals surface area contributed by atoms with Crippen molar-refractivity contribution in [2.75, 3.05) is 44.3 Å². The highest BCUT2D eigenvalue weighted by molar-refractivity contribution is 7.13. The summed E-state index contributed by atoms with van der Waals surface area (Å²) in [6, 6.07) is 6.85. The quantitative estimate of drug-likeness (QED) is 0.840. The molecule has 3 heterocycles. The van der Waals surface area contributed by atoms with Crippen molar-refractivity contribution in [2.24, 2.45) is 5.41 Å². The molecule has 1 aromatic heterocycles. The molecule has 0 N–H and O–H groups in total. The van der Waals surface area contributed by atoms with Gasteiger partial charge in [-0.15, -0.1) is 10.2 Å². The van der Waals surface area contributed by atoms with Gasteiger partial charge in [0.1, 0.15) is 11.3 Å². The van der Waals surface area contributed by atoms with E-state index in [-0.39, 0.29) is 11.2 Å². The van der Waals surface area contributed by atoms with Gasteiger partial charge in [-0.1, -0.05) is 23.5 Å². The summed E-state index contributed by atoms with van der Waals surface area (Å²) in [5.74, 6) is -0.177. The van der Waals surface area contributed by atoms with E-state index in [1.54, 1.807) is 29.0 Å². The topological polar surface area (TPSA) is 41.5 Å². The largest absolute Gasteiger partial charge is 0.379 e. The molecule has 2 aromatic rings. The van der Waals surface area contributed by atoms with E-state index < -0.39 is 0 Å². The average molecular weight is 362 g/mol. The van der Waals surface area contributed by atoms with E-state index in [0.717, 1.165) is 63.1 Å². The molecule has 4 rings (SSSR count). The average Bonchev–Trinajstić information content (AvgIpc) is 3.08. The van der Waals surface area contributed by atoms with Gasteiger partial charge in [0.25, 0.3) is 0 Å². The summed E-state index contributed by atoms with van der Waals surface area (Å²) in [7, 11) is 0. The molecular formula is C18H23FN4OS. The standard InChI is InChI=1S/C18H23FN4OS/c19-16-4-2-15(3-5-16)10-22-7-1-6-18(11-22)12-23(8-9-24-13-18)17-21-20-14-25-17/h2-5,14H,1,6-13H2. The van der Waals surface area contributed by atoms with Crippen molar-refractivity contribution < 1.29 is 9.13 Å². The van der Waals surface area contributed by atoms with Crippen LogP contribution in [0.1, 0.15) is 18.4 Å². The molecule has 2 saturated heterocycles. The Morgan fingerprint density at radius 2 is 2.08 bits per heavy atom. The van der Waals surface area contributed by atoms with Gasteiger partial charge in [-0.25, -0.2) is 4.39 Å². The van der Waals surface area contributed by atoms with Gasteiger partial charge in [0.2, 0.25) is 5.13 Å². The number of aromatic nitrogens is 2. The van der Waals surface area contributed by atoms with E-state index in [0.29, 0.717) is 0 Å². The Bertz CT molecular complexity index is 681.